The highest BCUT2D eigenvalue weighted by molar-refractivity contribution is 6.07. The first kappa shape index (κ1) is 12.2. The SMILES string of the molecule is COC(=O)CCC(=O)c1cccc2cccnc12. The fraction of sp³-hybridized carbons (Fsp3) is 0.214. The molecule has 0 atom stereocenters. The molecule has 1 aromatic carbocycles. The summed E-state index contributed by atoms with van der Waals surface area (Å²) in [5.74, 6) is -0.471. The molecule has 2 rings (SSSR count). The Labute approximate surface area is 105 Å². The maximum Gasteiger partial charge on any atom is 0.305 e. The number of hydrogen-bond donors (Lipinski definition) is 0. The standard InChI is InChI=1S/C14H13NO3/c1-18-13(17)8-7-12(16)11-6-2-4-10-5-3-9-15-14(10)11/h2-6,9H,7-8H2,1H3. The number of Topliss-reactive ketones (excluding diaryl/α,β-unsaturated/α-hetero) is 1. The van der Waals surface area contributed by atoms with Gasteiger partial charge in [-0.3, -0.25) is 14.6 Å². The van der Waals surface area contributed by atoms with Gasteiger partial charge in [-0.15, -0.1) is 0 Å². The number of aromatic nitrogens is 1. The van der Waals surface area contributed by atoms with E-state index in [1.807, 2.05) is 24.3 Å². The Hall–Kier alpha value is -2.23. The molecule has 18 heavy (non-hydrogen) atoms. The Morgan fingerprint density at radius 3 is 2.72 bits per heavy atom. The Morgan fingerprint density at radius 1 is 1.17 bits per heavy atom. The van der Waals surface area contributed by atoms with Crippen LogP contribution in [0.5, 0.6) is 0 Å². The van der Waals surface area contributed by atoms with E-state index in [2.05, 4.69) is 9.72 Å². The third-order valence-electron chi connectivity index (χ3n) is 2.72. The van der Waals surface area contributed by atoms with E-state index >= 15 is 0 Å². The zero-order valence-electron chi connectivity index (χ0n) is 10.1. The Kier molecular flexibility index (Phi) is 3.67. The fourth-order valence-corrected chi connectivity index (χ4v) is 1.78. The topological polar surface area (TPSA) is 56.3 Å². The lowest BCUT2D eigenvalue weighted by molar-refractivity contribution is -0.140. The zero-order chi connectivity index (χ0) is 13.0. The number of methoxy groups -OCH3 is 1. The number of esters is 1. The summed E-state index contributed by atoms with van der Waals surface area (Å²) in [6.45, 7) is 0. The second kappa shape index (κ2) is 5.40. The van der Waals surface area contributed by atoms with Crippen molar-refractivity contribution in [3.8, 4) is 0 Å². The first-order chi connectivity index (χ1) is 8.72. The molecular formula is C14H13NO3. The lowest BCUT2D eigenvalue weighted by Crippen LogP contribution is -2.06. The number of hydrogen-bond acceptors (Lipinski definition) is 4. The highest BCUT2D eigenvalue weighted by Crippen LogP contribution is 2.17. The van der Waals surface area contributed by atoms with E-state index in [1.54, 1.807) is 12.3 Å². The minimum absolute atomic E-state index is 0.0929. The van der Waals surface area contributed by atoms with E-state index < -0.39 is 0 Å². The van der Waals surface area contributed by atoms with Crippen molar-refractivity contribution in [3.05, 3.63) is 42.1 Å². The van der Waals surface area contributed by atoms with Crippen LogP contribution in [-0.4, -0.2) is 23.8 Å². The molecule has 1 heterocycles. The highest BCUT2D eigenvalue weighted by Gasteiger charge is 2.12. The Balaban J connectivity index is 2.25. The van der Waals surface area contributed by atoms with E-state index in [4.69, 9.17) is 0 Å². The number of carbonyl (C=O) groups is 2. The molecule has 0 N–H and O–H groups in total. The molecule has 0 unspecified atom stereocenters. The van der Waals surface area contributed by atoms with E-state index in [0.717, 1.165) is 5.39 Å². The van der Waals surface area contributed by atoms with E-state index in [0.29, 0.717) is 11.1 Å². The lowest BCUT2D eigenvalue weighted by atomic mass is 10.0. The number of rotatable bonds is 4. The van der Waals surface area contributed by atoms with Crippen LogP contribution in [0.2, 0.25) is 0 Å². The van der Waals surface area contributed by atoms with Gasteiger partial charge < -0.3 is 4.74 Å². The van der Waals surface area contributed by atoms with Crippen LogP contribution in [0, 0.1) is 0 Å². The predicted octanol–water partition coefficient (Wildman–Crippen LogP) is 2.37. The molecular weight excluding hydrogens is 230 g/mol. The van der Waals surface area contributed by atoms with Gasteiger partial charge in [-0.1, -0.05) is 18.2 Å². The number of nitrogens with zero attached hydrogens (tertiary/aromatic N) is 1. The van der Waals surface area contributed by atoms with Crippen LogP contribution in [-0.2, 0) is 9.53 Å². The van der Waals surface area contributed by atoms with Crippen LogP contribution in [0.4, 0.5) is 0 Å². The fourth-order valence-electron chi connectivity index (χ4n) is 1.78. The highest BCUT2D eigenvalue weighted by atomic mass is 16.5. The van der Waals surface area contributed by atoms with Crippen molar-refractivity contribution in [2.45, 2.75) is 12.8 Å². The normalized spacial score (nSPS) is 10.3. The van der Waals surface area contributed by atoms with Crippen LogP contribution < -0.4 is 0 Å². The molecule has 0 saturated heterocycles. The second-order valence-electron chi connectivity index (χ2n) is 3.88. The molecule has 4 heteroatoms. The Morgan fingerprint density at radius 2 is 1.94 bits per heavy atom. The van der Waals surface area contributed by atoms with Crippen molar-refractivity contribution >= 4 is 22.7 Å². The summed E-state index contributed by atoms with van der Waals surface area (Å²) in [5, 5.41) is 0.918. The molecule has 0 bridgehead atoms. The summed E-state index contributed by atoms with van der Waals surface area (Å²) in [5.41, 5.74) is 1.23. The average Bonchev–Trinajstić information content (AvgIpc) is 2.43. The number of benzene rings is 1. The monoisotopic (exact) mass is 243 g/mol. The first-order valence-electron chi connectivity index (χ1n) is 5.66. The summed E-state index contributed by atoms with van der Waals surface area (Å²) >= 11 is 0. The minimum atomic E-state index is -0.378. The van der Waals surface area contributed by atoms with Gasteiger partial charge in [0.25, 0.3) is 0 Å². The van der Waals surface area contributed by atoms with E-state index in [-0.39, 0.29) is 24.6 Å². The van der Waals surface area contributed by atoms with Crippen LogP contribution in [0.15, 0.2) is 36.5 Å². The van der Waals surface area contributed by atoms with Gasteiger partial charge in [-0.25, -0.2) is 0 Å². The number of ketones is 1. The van der Waals surface area contributed by atoms with Crippen molar-refractivity contribution in [2.24, 2.45) is 0 Å². The van der Waals surface area contributed by atoms with Gasteiger partial charge >= 0.3 is 5.97 Å². The molecule has 0 fully saturated rings. The zero-order valence-corrected chi connectivity index (χ0v) is 10.1. The predicted molar refractivity (Wildman–Crippen MR) is 67.3 cm³/mol. The van der Waals surface area contributed by atoms with E-state index in [1.165, 1.54) is 7.11 Å². The summed E-state index contributed by atoms with van der Waals surface area (Å²) in [4.78, 5) is 27.3. The average molecular weight is 243 g/mol. The van der Waals surface area contributed by atoms with Gasteiger partial charge in [0.2, 0.25) is 0 Å². The van der Waals surface area contributed by atoms with Crippen molar-refractivity contribution in [1.82, 2.24) is 4.98 Å². The molecule has 0 aliphatic carbocycles. The molecule has 0 radical (unpaired) electrons. The third-order valence-corrected chi connectivity index (χ3v) is 2.72. The molecule has 92 valence electrons. The number of ether oxygens (including phenoxy) is 1. The van der Waals surface area contributed by atoms with Crippen LogP contribution in [0.3, 0.4) is 0 Å². The summed E-state index contributed by atoms with van der Waals surface area (Å²) in [6, 6.07) is 9.17. The molecule has 0 aliphatic rings. The number of fused-ring (bicyclic) bond motifs is 1. The quantitative estimate of drug-likeness (QED) is 0.611. The maximum absolute atomic E-state index is 12.0. The molecule has 0 aliphatic heterocycles. The molecule has 2 aromatic rings. The van der Waals surface area contributed by atoms with Gasteiger partial charge in [0.1, 0.15) is 0 Å². The van der Waals surface area contributed by atoms with Crippen LogP contribution >= 0.6 is 0 Å². The summed E-state index contributed by atoms with van der Waals surface area (Å²) in [7, 11) is 1.31. The second-order valence-corrected chi connectivity index (χ2v) is 3.88. The van der Waals surface area contributed by atoms with Crippen LogP contribution in [0.25, 0.3) is 10.9 Å². The van der Waals surface area contributed by atoms with Gasteiger partial charge in [0, 0.05) is 23.6 Å². The van der Waals surface area contributed by atoms with Gasteiger partial charge in [0.15, 0.2) is 5.78 Å². The molecule has 4 nitrogen and oxygen atoms in total. The third kappa shape index (κ3) is 2.53. The minimum Gasteiger partial charge on any atom is -0.469 e. The molecule has 1 aromatic heterocycles. The molecule has 0 amide bonds. The largest absolute Gasteiger partial charge is 0.469 e. The van der Waals surface area contributed by atoms with Crippen molar-refractivity contribution in [2.75, 3.05) is 7.11 Å². The number of pyridine rings is 1. The van der Waals surface area contributed by atoms with E-state index in [9.17, 15) is 9.59 Å². The van der Waals surface area contributed by atoms with Crippen LogP contribution in [0.1, 0.15) is 23.2 Å². The van der Waals surface area contributed by atoms with Crippen molar-refractivity contribution in [3.63, 3.8) is 0 Å². The number of carbonyl (C=O) groups excluding carboxylic acids is 2. The van der Waals surface area contributed by atoms with Gasteiger partial charge in [0.05, 0.1) is 19.0 Å². The lowest BCUT2D eigenvalue weighted by Gasteiger charge is -2.04. The van der Waals surface area contributed by atoms with Gasteiger partial charge in [-0.05, 0) is 12.1 Å². The summed E-state index contributed by atoms with van der Waals surface area (Å²) in [6.07, 6.45) is 1.89. The number of para-hydroxylation sites is 1. The molecule has 0 saturated carbocycles. The molecule has 0 spiro atoms. The van der Waals surface area contributed by atoms with Crippen molar-refractivity contribution < 1.29 is 14.3 Å². The van der Waals surface area contributed by atoms with Gasteiger partial charge in [-0.2, -0.15) is 0 Å². The summed E-state index contributed by atoms with van der Waals surface area (Å²) < 4.78 is 4.52. The maximum atomic E-state index is 12.0. The van der Waals surface area contributed by atoms with Crippen molar-refractivity contribution in [1.29, 1.82) is 0 Å². The Bertz CT molecular complexity index is 587. The first-order valence-corrected chi connectivity index (χ1v) is 5.66. The smallest absolute Gasteiger partial charge is 0.305 e.